The molecule has 0 amide bonds. The summed E-state index contributed by atoms with van der Waals surface area (Å²) >= 11 is 0. The highest BCUT2D eigenvalue weighted by Gasteiger charge is 2.36. The van der Waals surface area contributed by atoms with Crippen LogP contribution in [0.5, 0.6) is 0 Å². The average molecular weight is 278 g/mol. The van der Waals surface area contributed by atoms with E-state index in [4.69, 9.17) is 0 Å². The van der Waals surface area contributed by atoms with E-state index in [1.54, 1.807) is 7.05 Å². The van der Waals surface area contributed by atoms with Crippen molar-refractivity contribution >= 4 is 10.2 Å². The van der Waals surface area contributed by atoms with Crippen molar-refractivity contribution in [1.29, 1.82) is 0 Å². The molecule has 2 N–H and O–H groups in total. The third-order valence-electron chi connectivity index (χ3n) is 3.70. The Kier molecular flexibility index (Phi) is 6.04. The van der Waals surface area contributed by atoms with Gasteiger partial charge in [-0.15, -0.1) is 0 Å². The first-order valence-corrected chi connectivity index (χ1v) is 8.26. The monoisotopic (exact) mass is 278 g/mol. The number of nitrogens with one attached hydrogen (secondary N) is 1. The number of aliphatic hydroxyl groups excluding tert-OH is 1. The van der Waals surface area contributed by atoms with Crippen molar-refractivity contribution in [2.75, 3.05) is 20.2 Å². The van der Waals surface area contributed by atoms with Gasteiger partial charge in [-0.05, 0) is 19.3 Å². The van der Waals surface area contributed by atoms with Crippen LogP contribution in [0.1, 0.15) is 51.9 Å². The molecular weight excluding hydrogens is 252 g/mol. The molecule has 1 fully saturated rings. The van der Waals surface area contributed by atoms with E-state index in [1.807, 2.05) is 6.92 Å². The molecule has 0 saturated heterocycles. The summed E-state index contributed by atoms with van der Waals surface area (Å²) in [7, 11) is -1.89. The maximum absolute atomic E-state index is 12.2. The highest BCUT2D eigenvalue weighted by atomic mass is 32.2. The Morgan fingerprint density at radius 1 is 1.28 bits per heavy atom. The molecule has 18 heavy (non-hydrogen) atoms. The first-order valence-electron chi connectivity index (χ1n) is 6.82. The molecule has 0 unspecified atom stereocenters. The summed E-state index contributed by atoms with van der Waals surface area (Å²) in [5.41, 5.74) is -0.641. The maximum atomic E-state index is 12.2. The van der Waals surface area contributed by atoms with Gasteiger partial charge in [0.1, 0.15) is 0 Å². The Morgan fingerprint density at radius 2 is 1.89 bits per heavy atom. The van der Waals surface area contributed by atoms with Crippen LogP contribution in [0.15, 0.2) is 0 Å². The zero-order chi connectivity index (χ0) is 13.6. The number of hydrogen-bond acceptors (Lipinski definition) is 3. The maximum Gasteiger partial charge on any atom is 0.279 e. The number of aliphatic hydroxyl groups is 1. The first-order chi connectivity index (χ1) is 8.46. The Bertz CT molecular complexity index is 337. The molecule has 0 aliphatic heterocycles. The Balaban J connectivity index is 2.67. The van der Waals surface area contributed by atoms with Crippen molar-refractivity contribution in [2.45, 2.75) is 57.4 Å². The SMILES string of the molecule is CCCCN(C)S(=O)(=O)NC1(CO)CCCCC1. The second kappa shape index (κ2) is 6.84. The fourth-order valence-electron chi connectivity index (χ4n) is 2.37. The van der Waals surface area contributed by atoms with Gasteiger partial charge < -0.3 is 5.11 Å². The van der Waals surface area contributed by atoms with E-state index in [0.29, 0.717) is 6.54 Å². The van der Waals surface area contributed by atoms with E-state index in [2.05, 4.69) is 4.72 Å². The quantitative estimate of drug-likeness (QED) is 0.736. The van der Waals surface area contributed by atoms with Crippen molar-refractivity contribution < 1.29 is 13.5 Å². The van der Waals surface area contributed by atoms with Crippen molar-refractivity contribution in [3.8, 4) is 0 Å². The molecule has 1 aliphatic carbocycles. The van der Waals surface area contributed by atoms with Crippen molar-refractivity contribution in [1.82, 2.24) is 9.03 Å². The van der Waals surface area contributed by atoms with E-state index in [0.717, 1.165) is 44.9 Å². The summed E-state index contributed by atoms with van der Waals surface area (Å²) in [6, 6.07) is 0. The molecule has 0 bridgehead atoms. The smallest absolute Gasteiger partial charge is 0.279 e. The minimum absolute atomic E-state index is 0.117. The summed E-state index contributed by atoms with van der Waals surface area (Å²) in [4.78, 5) is 0. The van der Waals surface area contributed by atoms with Crippen LogP contribution in [0.2, 0.25) is 0 Å². The molecule has 0 aromatic heterocycles. The number of hydrogen-bond donors (Lipinski definition) is 2. The van der Waals surface area contributed by atoms with Gasteiger partial charge in [-0.3, -0.25) is 0 Å². The summed E-state index contributed by atoms with van der Waals surface area (Å²) < 4.78 is 28.4. The minimum Gasteiger partial charge on any atom is -0.394 e. The Morgan fingerprint density at radius 3 is 2.39 bits per heavy atom. The van der Waals surface area contributed by atoms with Gasteiger partial charge in [0.15, 0.2) is 0 Å². The molecule has 1 aliphatic rings. The molecule has 1 saturated carbocycles. The molecule has 6 heteroatoms. The zero-order valence-electron chi connectivity index (χ0n) is 11.5. The fourth-order valence-corrected chi connectivity index (χ4v) is 3.71. The molecular formula is C12H26N2O3S. The minimum atomic E-state index is -3.48. The van der Waals surface area contributed by atoms with Gasteiger partial charge in [-0.25, -0.2) is 0 Å². The number of unbranched alkanes of at least 4 members (excludes halogenated alkanes) is 1. The van der Waals surface area contributed by atoms with Gasteiger partial charge in [0.2, 0.25) is 0 Å². The van der Waals surface area contributed by atoms with E-state index in [9.17, 15) is 13.5 Å². The number of nitrogens with zero attached hydrogens (tertiary/aromatic N) is 1. The molecule has 108 valence electrons. The molecule has 0 aromatic rings. The highest BCUT2D eigenvalue weighted by molar-refractivity contribution is 7.87. The van der Waals surface area contributed by atoms with E-state index < -0.39 is 15.7 Å². The summed E-state index contributed by atoms with van der Waals surface area (Å²) in [6.45, 7) is 2.44. The third kappa shape index (κ3) is 4.19. The highest BCUT2D eigenvalue weighted by Crippen LogP contribution is 2.28. The molecule has 0 spiro atoms. The largest absolute Gasteiger partial charge is 0.394 e. The Hall–Kier alpha value is -0.170. The van der Waals surface area contributed by atoms with Crippen LogP contribution < -0.4 is 4.72 Å². The first kappa shape index (κ1) is 15.9. The lowest BCUT2D eigenvalue weighted by atomic mass is 9.83. The second-order valence-corrected chi connectivity index (χ2v) is 7.06. The van der Waals surface area contributed by atoms with E-state index in [1.165, 1.54) is 4.31 Å². The molecule has 5 nitrogen and oxygen atoms in total. The van der Waals surface area contributed by atoms with Gasteiger partial charge in [0.05, 0.1) is 12.1 Å². The topological polar surface area (TPSA) is 69.6 Å². The van der Waals surface area contributed by atoms with Crippen molar-refractivity contribution in [3.63, 3.8) is 0 Å². The molecule has 0 atom stereocenters. The molecule has 0 aromatic carbocycles. The third-order valence-corrected chi connectivity index (χ3v) is 5.39. The van der Waals surface area contributed by atoms with Gasteiger partial charge in [-0.2, -0.15) is 17.4 Å². The van der Waals surface area contributed by atoms with Crippen LogP contribution in [0.3, 0.4) is 0 Å². The lowest BCUT2D eigenvalue weighted by Gasteiger charge is -2.37. The van der Waals surface area contributed by atoms with Crippen LogP contribution in [0.25, 0.3) is 0 Å². The molecule has 0 radical (unpaired) electrons. The summed E-state index contributed by atoms with van der Waals surface area (Å²) in [5, 5.41) is 9.52. The summed E-state index contributed by atoms with van der Waals surface area (Å²) in [5.74, 6) is 0. The molecule has 1 rings (SSSR count). The Labute approximate surface area is 111 Å². The van der Waals surface area contributed by atoms with Crippen LogP contribution in [0.4, 0.5) is 0 Å². The zero-order valence-corrected chi connectivity index (χ0v) is 12.3. The van der Waals surface area contributed by atoms with Gasteiger partial charge in [-0.1, -0.05) is 32.6 Å². The predicted octanol–water partition coefficient (Wildman–Crippen LogP) is 1.25. The van der Waals surface area contributed by atoms with E-state index >= 15 is 0 Å². The van der Waals surface area contributed by atoms with Crippen LogP contribution in [-0.2, 0) is 10.2 Å². The van der Waals surface area contributed by atoms with Gasteiger partial charge >= 0.3 is 0 Å². The van der Waals surface area contributed by atoms with Gasteiger partial charge in [0, 0.05) is 13.6 Å². The second-order valence-electron chi connectivity index (χ2n) is 5.28. The van der Waals surface area contributed by atoms with Crippen molar-refractivity contribution in [2.24, 2.45) is 0 Å². The lowest BCUT2D eigenvalue weighted by molar-refractivity contribution is 0.140. The fraction of sp³-hybridized carbons (Fsp3) is 1.00. The standard InChI is InChI=1S/C12H26N2O3S/c1-3-4-10-14(2)18(16,17)13-12(11-15)8-6-5-7-9-12/h13,15H,3-11H2,1-2H3. The van der Waals surface area contributed by atoms with E-state index in [-0.39, 0.29) is 6.61 Å². The lowest BCUT2D eigenvalue weighted by Crippen LogP contribution is -2.55. The predicted molar refractivity (Wildman–Crippen MR) is 72.5 cm³/mol. The van der Waals surface area contributed by atoms with Crippen molar-refractivity contribution in [3.05, 3.63) is 0 Å². The number of rotatable bonds is 7. The normalized spacial score (nSPS) is 20.2. The average Bonchev–Trinajstić information content (AvgIpc) is 2.36. The summed E-state index contributed by atoms with van der Waals surface area (Å²) in [6.07, 6.45) is 6.34. The van der Waals surface area contributed by atoms with Crippen LogP contribution in [-0.4, -0.2) is 43.6 Å². The van der Waals surface area contributed by atoms with Crippen LogP contribution in [0, 0.1) is 0 Å². The van der Waals surface area contributed by atoms with Gasteiger partial charge in [0.25, 0.3) is 10.2 Å². The van der Waals surface area contributed by atoms with Crippen LogP contribution >= 0.6 is 0 Å². The molecule has 0 heterocycles.